The SMILES string of the molecule is O=C(N[C@@H]1CCc2ccccc21)N1CCc2ccccc2[C@H]1c1ccc(C(F)(F)F)cc1. The van der Waals surface area contributed by atoms with Crippen LogP contribution in [-0.4, -0.2) is 17.5 Å². The van der Waals surface area contributed by atoms with Crippen molar-refractivity contribution in [1.29, 1.82) is 0 Å². The highest BCUT2D eigenvalue weighted by Crippen LogP contribution is 2.38. The number of hydrogen-bond donors (Lipinski definition) is 1. The highest BCUT2D eigenvalue weighted by atomic mass is 19.4. The number of amides is 2. The lowest BCUT2D eigenvalue weighted by molar-refractivity contribution is -0.137. The second-order valence-corrected chi connectivity index (χ2v) is 8.40. The summed E-state index contributed by atoms with van der Waals surface area (Å²) in [5, 5.41) is 3.18. The van der Waals surface area contributed by atoms with Gasteiger partial charge in [0.15, 0.2) is 0 Å². The Morgan fingerprint density at radius 1 is 0.844 bits per heavy atom. The number of carbonyl (C=O) groups is 1. The number of fused-ring (bicyclic) bond motifs is 2. The maximum absolute atomic E-state index is 13.4. The summed E-state index contributed by atoms with van der Waals surface area (Å²) >= 11 is 0. The van der Waals surface area contributed by atoms with Crippen molar-refractivity contribution in [3.63, 3.8) is 0 Å². The Labute approximate surface area is 184 Å². The molecule has 0 unspecified atom stereocenters. The Morgan fingerprint density at radius 2 is 1.47 bits per heavy atom. The number of halogens is 3. The predicted octanol–water partition coefficient (Wildman–Crippen LogP) is 6.05. The smallest absolute Gasteiger partial charge is 0.331 e. The second kappa shape index (κ2) is 8.01. The third-order valence-corrected chi connectivity index (χ3v) is 6.53. The van der Waals surface area contributed by atoms with Crippen molar-refractivity contribution in [3.05, 3.63) is 106 Å². The first-order valence-corrected chi connectivity index (χ1v) is 10.8. The van der Waals surface area contributed by atoms with Crippen LogP contribution in [0.25, 0.3) is 0 Å². The summed E-state index contributed by atoms with van der Waals surface area (Å²) in [6.45, 7) is 0.503. The van der Waals surface area contributed by atoms with E-state index in [9.17, 15) is 18.0 Å². The molecule has 1 heterocycles. The van der Waals surface area contributed by atoms with Gasteiger partial charge in [-0.15, -0.1) is 0 Å². The standard InChI is InChI=1S/C26H23F3N2O/c27-26(28,29)20-12-9-19(10-13-20)24-22-8-4-2-6-18(22)15-16-31(24)25(32)30-23-14-11-17-5-1-3-7-21(17)23/h1-10,12-13,23-24H,11,14-16H2,(H,30,32)/t23-,24-/m1/s1. The van der Waals surface area contributed by atoms with Gasteiger partial charge < -0.3 is 10.2 Å². The predicted molar refractivity (Wildman–Crippen MR) is 116 cm³/mol. The van der Waals surface area contributed by atoms with Crippen molar-refractivity contribution in [3.8, 4) is 0 Å². The van der Waals surface area contributed by atoms with E-state index in [1.165, 1.54) is 17.7 Å². The third kappa shape index (κ3) is 3.74. The molecule has 3 aromatic carbocycles. The lowest BCUT2D eigenvalue weighted by atomic mass is 9.88. The van der Waals surface area contributed by atoms with Gasteiger partial charge in [0.1, 0.15) is 0 Å². The van der Waals surface area contributed by atoms with Gasteiger partial charge in [0.05, 0.1) is 17.6 Å². The van der Waals surface area contributed by atoms with Crippen LogP contribution in [0.2, 0.25) is 0 Å². The minimum absolute atomic E-state index is 0.0517. The molecule has 0 spiro atoms. The maximum atomic E-state index is 13.4. The molecule has 5 rings (SSSR count). The molecule has 164 valence electrons. The van der Waals surface area contributed by atoms with Crippen molar-refractivity contribution >= 4 is 6.03 Å². The molecule has 0 saturated heterocycles. The van der Waals surface area contributed by atoms with Crippen LogP contribution < -0.4 is 5.32 Å². The number of hydrogen-bond acceptors (Lipinski definition) is 1. The van der Waals surface area contributed by atoms with Crippen LogP contribution in [-0.2, 0) is 19.0 Å². The number of alkyl halides is 3. The maximum Gasteiger partial charge on any atom is 0.416 e. The van der Waals surface area contributed by atoms with Gasteiger partial charge in [0, 0.05) is 6.54 Å². The number of nitrogens with one attached hydrogen (secondary N) is 1. The lowest BCUT2D eigenvalue weighted by Gasteiger charge is -2.38. The molecule has 0 radical (unpaired) electrons. The number of benzene rings is 3. The zero-order valence-electron chi connectivity index (χ0n) is 17.4. The molecule has 3 aromatic rings. The van der Waals surface area contributed by atoms with Crippen LogP contribution in [0.5, 0.6) is 0 Å². The van der Waals surface area contributed by atoms with Crippen LogP contribution in [0.1, 0.15) is 51.9 Å². The van der Waals surface area contributed by atoms with E-state index in [4.69, 9.17) is 0 Å². The minimum Gasteiger partial charge on any atom is -0.331 e. The zero-order chi connectivity index (χ0) is 22.3. The quantitative estimate of drug-likeness (QED) is 0.521. The minimum atomic E-state index is -4.39. The monoisotopic (exact) mass is 436 g/mol. The molecule has 2 aliphatic rings. The van der Waals surface area contributed by atoms with E-state index < -0.39 is 17.8 Å². The first kappa shape index (κ1) is 20.6. The molecule has 1 aliphatic carbocycles. The summed E-state index contributed by atoms with van der Waals surface area (Å²) in [5.74, 6) is 0. The zero-order valence-corrected chi connectivity index (χ0v) is 17.4. The van der Waals surface area contributed by atoms with Crippen molar-refractivity contribution in [2.75, 3.05) is 6.54 Å². The largest absolute Gasteiger partial charge is 0.416 e. The van der Waals surface area contributed by atoms with Crippen LogP contribution in [0, 0.1) is 0 Å². The summed E-state index contributed by atoms with van der Waals surface area (Å²) in [6, 6.07) is 20.4. The number of urea groups is 1. The molecule has 6 heteroatoms. The van der Waals surface area contributed by atoms with Crippen molar-refractivity contribution in [1.82, 2.24) is 10.2 Å². The first-order chi connectivity index (χ1) is 15.4. The van der Waals surface area contributed by atoms with Gasteiger partial charge in [-0.25, -0.2) is 4.79 Å². The number of nitrogens with zero attached hydrogens (tertiary/aromatic N) is 1. The molecule has 2 atom stereocenters. The molecule has 0 saturated carbocycles. The Kier molecular flexibility index (Phi) is 5.16. The molecular formula is C26H23F3N2O. The van der Waals surface area contributed by atoms with Gasteiger partial charge in [0.2, 0.25) is 0 Å². The summed E-state index contributed by atoms with van der Waals surface area (Å²) in [6.07, 6.45) is -1.91. The molecule has 1 N–H and O–H groups in total. The second-order valence-electron chi connectivity index (χ2n) is 8.40. The average molecular weight is 436 g/mol. The van der Waals surface area contributed by atoms with Crippen LogP contribution in [0.3, 0.4) is 0 Å². The van der Waals surface area contributed by atoms with Gasteiger partial charge >= 0.3 is 12.2 Å². The average Bonchev–Trinajstić information content (AvgIpc) is 3.20. The van der Waals surface area contributed by atoms with E-state index >= 15 is 0 Å². The Morgan fingerprint density at radius 3 is 2.16 bits per heavy atom. The van der Waals surface area contributed by atoms with E-state index in [0.29, 0.717) is 18.5 Å². The van der Waals surface area contributed by atoms with Gasteiger partial charge in [-0.05, 0) is 59.2 Å². The first-order valence-electron chi connectivity index (χ1n) is 10.8. The van der Waals surface area contributed by atoms with E-state index in [0.717, 1.165) is 41.7 Å². The molecule has 32 heavy (non-hydrogen) atoms. The van der Waals surface area contributed by atoms with Crippen LogP contribution in [0.15, 0.2) is 72.8 Å². The van der Waals surface area contributed by atoms with Gasteiger partial charge in [-0.2, -0.15) is 13.2 Å². The van der Waals surface area contributed by atoms with Crippen molar-refractivity contribution in [2.24, 2.45) is 0 Å². The highest BCUT2D eigenvalue weighted by Gasteiger charge is 2.35. The lowest BCUT2D eigenvalue weighted by Crippen LogP contribution is -2.46. The highest BCUT2D eigenvalue weighted by molar-refractivity contribution is 5.77. The van der Waals surface area contributed by atoms with E-state index in [-0.39, 0.29) is 12.1 Å². The molecule has 0 bridgehead atoms. The molecule has 1 aliphatic heterocycles. The molecule has 0 fully saturated rings. The fourth-order valence-electron chi connectivity index (χ4n) is 4.94. The molecular weight excluding hydrogens is 413 g/mol. The van der Waals surface area contributed by atoms with Crippen molar-refractivity contribution in [2.45, 2.75) is 37.5 Å². The Balaban J connectivity index is 1.46. The van der Waals surface area contributed by atoms with E-state index in [1.54, 1.807) is 4.90 Å². The molecule has 2 amide bonds. The molecule has 0 aromatic heterocycles. The molecule has 3 nitrogen and oxygen atoms in total. The van der Waals surface area contributed by atoms with Crippen LogP contribution in [0.4, 0.5) is 18.0 Å². The van der Waals surface area contributed by atoms with Crippen LogP contribution >= 0.6 is 0 Å². The third-order valence-electron chi connectivity index (χ3n) is 6.53. The number of rotatable bonds is 2. The topological polar surface area (TPSA) is 32.3 Å². The van der Waals surface area contributed by atoms with E-state index in [2.05, 4.69) is 11.4 Å². The fourth-order valence-corrected chi connectivity index (χ4v) is 4.94. The normalized spacial score (nSPS) is 19.9. The van der Waals surface area contributed by atoms with Gasteiger partial charge in [0.25, 0.3) is 0 Å². The number of carbonyl (C=O) groups excluding carboxylic acids is 1. The fraction of sp³-hybridized carbons (Fsp3) is 0.269. The Bertz CT molecular complexity index is 1140. The summed E-state index contributed by atoms with van der Waals surface area (Å²) in [7, 11) is 0. The summed E-state index contributed by atoms with van der Waals surface area (Å²) in [5.41, 5.74) is 4.45. The van der Waals surface area contributed by atoms with Gasteiger partial charge in [-0.1, -0.05) is 60.7 Å². The number of aryl methyl sites for hydroxylation is 1. The van der Waals surface area contributed by atoms with Crippen molar-refractivity contribution < 1.29 is 18.0 Å². The van der Waals surface area contributed by atoms with Gasteiger partial charge in [-0.3, -0.25) is 0 Å². The Hall–Kier alpha value is -3.28. The summed E-state index contributed by atoms with van der Waals surface area (Å²) < 4.78 is 39.2. The summed E-state index contributed by atoms with van der Waals surface area (Å²) in [4.78, 5) is 15.2. The van der Waals surface area contributed by atoms with E-state index in [1.807, 2.05) is 42.5 Å².